The van der Waals surface area contributed by atoms with E-state index in [4.69, 9.17) is 11.6 Å². The number of phenols is 1. The van der Waals surface area contributed by atoms with Crippen molar-refractivity contribution in [2.45, 2.75) is 19.8 Å². The number of aryl methyl sites for hydroxylation is 1. The summed E-state index contributed by atoms with van der Waals surface area (Å²) in [4.78, 5) is 0. The molecular weight excluding hydrogens is 210 g/mol. The zero-order valence-electron chi connectivity index (χ0n) is 8.89. The molecule has 1 fully saturated rings. The van der Waals surface area contributed by atoms with Gasteiger partial charge in [0.25, 0.3) is 0 Å². The summed E-state index contributed by atoms with van der Waals surface area (Å²) in [6.45, 7) is 4.16. The minimum Gasteiger partial charge on any atom is -0.506 e. The first kappa shape index (κ1) is 10.8. The fraction of sp³-hybridized carbons (Fsp3) is 0.500. The van der Waals surface area contributed by atoms with Crippen LogP contribution in [-0.2, 0) is 6.42 Å². The molecule has 1 unspecified atom stereocenters. The quantitative estimate of drug-likeness (QED) is 0.811. The second-order valence-corrected chi connectivity index (χ2v) is 4.66. The summed E-state index contributed by atoms with van der Waals surface area (Å²) >= 11 is 5.91. The number of phenolic OH excluding ortho intramolecular Hbond substituents is 1. The van der Waals surface area contributed by atoms with E-state index in [0.29, 0.717) is 10.9 Å². The zero-order valence-corrected chi connectivity index (χ0v) is 9.64. The van der Waals surface area contributed by atoms with E-state index >= 15 is 0 Å². The molecule has 0 aromatic heterocycles. The maximum Gasteiger partial charge on any atom is 0.137 e. The highest BCUT2D eigenvalue weighted by atomic mass is 35.5. The van der Waals surface area contributed by atoms with Crippen LogP contribution in [0.4, 0.5) is 0 Å². The van der Waals surface area contributed by atoms with Crippen LogP contribution in [-0.4, -0.2) is 18.2 Å². The summed E-state index contributed by atoms with van der Waals surface area (Å²) in [6.07, 6.45) is 2.11. The molecule has 1 aliphatic heterocycles. The van der Waals surface area contributed by atoms with E-state index in [-0.39, 0.29) is 5.75 Å². The first-order valence-electron chi connectivity index (χ1n) is 5.36. The second-order valence-electron chi connectivity index (χ2n) is 4.25. The molecule has 0 radical (unpaired) electrons. The molecule has 1 aromatic carbocycles. The first-order valence-corrected chi connectivity index (χ1v) is 5.74. The molecule has 0 bridgehead atoms. The predicted molar refractivity (Wildman–Crippen MR) is 62.5 cm³/mol. The van der Waals surface area contributed by atoms with Crippen LogP contribution in [0.2, 0.25) is 5.02 Å². The topological polar surface area (TPSA) is 32.3 Å². The third-order valence-corrected chi connectivity index (χ3v) is 3.43. The highest BCUT2D eigenvalue weighted by Crippen LogP contribution is 2.32. The van der Waals surface area contributed by atoms with Crippen LogP contribution in [0.1, 0.15) is 17.5 Å². The lowest BCUT2D eigenvalue weighted by Crippen LogP contribution is -2.11. The van der Waals surface area contributed by atoms with Gasteiger partial charge in [-0.3, -0.25) is 0 Å². The average molecular weight is 226 g/mol. The number of aromatic hydroxyl groups is 1. The SMILES string of the molecule is Cc1ccc(Cl)c(O)c1CC1CCNC1. The summed E-state index contributed by atoms with van der Waals surface area (Å²) in [5.41, 5.74) is 2.14. The van der Waals surface area contributed by atoms with Crippen molar-refractivity contribution in [3.63, 3.8) is 0 Å². The number of hydrogen-bond acceptors (Lipinski definition) is 2. The van der Waals surface area contributed by atoms with E-state index in [1.54, 1.807) is 6.07 Å². The number of halogens is 1. The third kappa shape index (κ3) is 2.27. The molecule has 3 heteroatoms. The molecule has 82 valence electrons. The highest BCUT2D eigenvalue weighted by molar-refractivity contribution is 6.32. The molecule has 0 saturated carbocycles. The maximum atomic E-state index is 9.89. The fourth-order valence-electron chi connectivity index (χ4n) is 2.14. The third-order valence-electron chi connectivity index (χ3n) is 3.12. The van der Waals surface area contributed by atoms with Gasteiger partial charge in [0.2, 0.25) is 0 Å². The molecule has 0 aliphatic carbocycles. The molecule has 0 amide bonds. The van der Waals surface area contributed by atoms with Gasteiger partial charge in [-0.2, -0.15) is 0 Å². The molecule has 1 aromatic rings. The Morgan fingerprint density at radius 1 is 1.53 bits per heavy atom. The van der Waals surface area contributed by atoms with Crippen LogP contribution >= 0.6 is 11.6 Å². The zero-order chi connectivity index (χ0) is 10.8. The molecule has 1 atom stereocenters. The molecule has 2 N–H and O–H groups in total. The highest BCUT2D eigenvalue weighted by Gasteiger charge is 2.18. The van der Waals surface area contributed by atoms with Crippen LogP contribution in [0.3, 0.4) is 0 Å². The van der Waals surface area contributed by atoms with Crippen molar-refractivity contribution < 1.29 is 5.11 Å². The van der Waals surface area contributed by atoms with E-state index in [1.165, 1.54) is 6.42 Å². The van der Waals surface area contributed by atoms with Gasteiger partial charge >= 0.3 is 0 Å². The van der Waals surface area contributed by atoms with Crippen molar-refractivity contribution in [3.05, 3.63) is 28.3 Å². The largest absolute Gasteiger partial charge is 0.506 e. The second kappa shape index (κ2) is 4.42. The number of rotatable bonds is 2. The van der Waals surface area contributed by atoms with Crippen molar-refractivity contribution in [3.8, 4) is 5.75 Å². The number of hydrogen-bond donors (Lipinski definition) is 2. The Hall–Kier alpha value is -0.730. The molecule has 15 heavy (non-hydrogen) atoms. The molecule has 2 rings (SSSR count). The molecule has 1 aliphatic rings. The van der Waals surface area contributed by atoms with E-state index in [9.17, 15) is 5.11 Å². The number of benzene rings is 1. The van der Waals surface area contributed by atoms with Gasteiger partial charge < -0.3 is 10.4 Å². The van der Waals surface area contributed by atoms with Crippen LogP contribution in [0, 0.1) is 12.8 Å². The summed E-state index contributed by atoms with van der Waals surface area (Å²) < 4.78 is 0. The van der Waals surface area contributed by atoms with Gasteiger partial charge in [0, 0.05) is 0 Å². The molecule has 1 heterocycles. The molecule has 0 spiro atoms. The van der Waals surface area contributed by atoms with Crippen LogP contribution in [0.15, 0.2) is 12.1 Å². The molecule has 1 saturated heterocycles. The minimum absolute atomic E-state index is 0.267. The first-order chi connectivity index (χ1) is 7.18. The van der Waals surface area contributed by atoms with Crippen molar-refractivity contribution in [2.24, 2.45) is 5.92 Å². The van der Waals surface area contributed by atoms with Crippen LogP contribution < -0.4 is 5.32 Å². The van der Waals surface area contributed by atoms with Gasteiger partial charge in [0.15, 0.2) is 0 Å². The summed E-state index contributed by atoms with van der Waals surface area (Å²) in [6, 6.07) is 3.72. The Labute approximate surface area is 95.3 Å². The van der Waals surface area contributed by atoms with Gasteiger partial charge in [-0.1, -0.05) is 17.7 Å². The number of nitrogens with one attached hydrogen (secondary N) is 1. The van der Waals surface area contributed by atoms with Crippen LogP contribution in [0.25, 0.3) is 0 Å². The standard InChI is InChI=1S/C12H16ClNO/c1-8-2-3-11(13)12(15)10(8)6-9-4-5-14-7-9/h2-3,9,14-15H,4-7H2,1H3. The van der Waals surface area contributed by atoms with Crippen molar-refractivity contribution in [2.75, 3.05) is 13.1 Å². The van der Waals surface area contributed by atoms with Crippen molar-refractivity contribution >= 4 is 11.6 Å². The van der Waals surface area contributed by atoms with Gasteiger partial charge in [-0.25, -0.2) is 0 Å². The Balaban J connectivity index is 2.22. The lowest BCUT2D eigenvalue weighted by molar-refractivity contribution is 0.458. The van der Waals surface area contributed by atoms with Gasteiger partial charge in [0.05, 0.1) is 5.02 Å². The Morgan fingerprint density at radius 2 is 2.33 bits per heavy atom. The van der Waals surface area contributed by atoms with Gasteiger partial charge in [0.1, 0.15) is 5.75 Å². The average Bonchev–Trinajstić information content (AvgIpc) is 2.71. The minimum atomic E-state index is 0.267. The lowest BCUT2D eigenvalue weighted by atomic mass is 9.95. The fourth-order valence-corrected chi connectivity index (χ4v) is 2.32. The Morgan fingerprint density at radius 3 is 3.00 bits per heavy atom. The van der Waals surface area contributed by atoms with Gasteiger partial charge in [-0.05, 0) is 56.0 Å². The van der Waals surface area contributed by atoms with E-state index in [0.717, 1.165) is 30.6 Å². The molecule has 2 nitrogen and oxygen atoms in total. The van der Waals surface area contributed by atoms with Gasteiger partial charge in [-0.15, -0.1) is 0 Å². The van der Waals surface area contributed by atoms with E-state index in [2.05, 4.69) is 5.32 Å². The predicted octanol–water partition coefficient (Wildman–Crippen LogP) is 2.51. The normalized spacial score (nSPS) is 20.8. The van der Waals surface area contributed by atoms with Crippen molar-refractivity contribution in [1.82, 2.24) is 5.32 Å². The Kier molecular flexibility index (Phi) is 3.17. The summed E-state index contributed by atoms with van der Waals surface area (Å²) in [5, 5.41) is 13.7. The van der Waals surface area contributed by atoms with Crippen LogP contribution in [0.5, 0.6) is 5.75 Å². The smallest absolute Gasteiger partial charge is 0.137 e. The van der Waals surface area contributed by atoms with E-state index in [1.807, 2.05) is 13.0 Å². The summed E-state index contributed by atoms with van der Waals surface area (Å²) in [7, 11) is 0. The molecular formula is C12H16ClNO. The Bertz CT molecular complexity index is 359. The lowest BCUT2D eigenvalue weighted by Gasteiger charge is -2.13. The monoisotopic (exact) mass is 225 g/mol. The summed E-state index contributed by atoms with van der Waals surface area (Å²) in [5.74, 6) is 0.900. The maximum absolute atomic E-state index is 9.89. The van der Waals surface area contributed by atoms with E-state index < -0.39 is 0 Å². The van der Waals surface area contributed by atoms with Crippen molar-refractivity contribution in [1.29, 1.82) is 0 Å².